The Bertz CT molecular complexity index is 1550. The van der Waals surface area contributed by atoms with E-state index < -0.39 is 30.8 Å². The monoisotopic (exact) mass is 808 g/mol. The van der Waals surface area contributed by atoms with Crippen LogP contribution in [0, 0.1) is 0 Å². The molecule has 4 aromatic carbocycles. The van der Waals surface area contributed by atoms with Gasteiger partial charge in [0.15, 0.2) is 0 Å². The van der Waals surface area contributed by atoms with E-state index in [1.807, 2.05) is 0 Å². The van der Waals surface area contributed by atoms with E-state index in [1.54, 1.807) is 21.8 Å². The first-order chi connectivity index (χ1) is 19.6. The standard InChI is InChI=1S/C21H16P.C17H24P.2ClH.Hf/c1-3-11-19(12-4-1)22(20-13-5-2-6-14-20)21-15-17-9-7-8-10-18(17)16-21;1-16(2,3)18(17(4,5)6)15-11-13-9-7-8-10-14(13)12-15;;;/h1-16H;7-12H,1-6H3;2*1H;/q;;;;+2/p-2. The van der Waals surface area contributed by atoms with Gasteiger partial charge >= 0.3 is 263 Å². The van der Waals surface area contributed by atoms with Gasteiger partial charge in [-0.25, -0.2) is 0 Å². The van der Waals surface area contributed by atoms with Crippen LogP contribution in [0.25, 0.3) is 12.2 Å². The van der Waals surface area contributed by atoms with Gasteiger partial charge in [0.25, 0.3) is 0 Å². The second kappa shape index (κ2) is 14.0. The largest absolute Gasteiger partial charge is 1.00 e. The molecular formula is C38H40Cl2HfP2. The number of hydrogen-bond acceptors (Lipinski definition) is 0. The Balaban J connectivity index is 0.00000212. The first kappa shape index (κ1) is 34.5. The molecule has 2 aliphatic carbocycles. The third kappa shape index (κ3) is 7.08. The van der Waals surface area contributed by atoms with Crippen LogP contribution in [-0.2, 0) is 22.9 Å². The molecule has 0 N–H and O–H groups in total. The molecular weight excluding hydrogens is 768 g/mol. The van der Waals surface area contributed by atoms with E-state index >= 15 is 0 Å². The second-order valence-corrected chi connectivity index (χ2v) is 24.5. The Labute approximate surface area is 285 Å². The van der Waals surface area contributed by atoms with Crippen LogP contribution in [0.3, 0.4) is 0 Å². The van der Waals surface area contributed by atoms with Crippen LogP contribution in [0.15, 0.2) is 120 Å². The Kier molecular flexibility index (Phi) is 11.2. The average Bonchev–Trinajstić information content (AvgIpc) is 3.47. The molecule has 43 heavy (non-hydrogen) atoms. The number of fused-ring (bicyclic) bond motifs is 2. The van der Waals surface area contributed by atoms with Crippen molar-refractivity contribution in [3.63, 3.8) is 0 Å². The molecule has 6 rings (SSSR count). The number of hydrogen-bond donors (Lipinski definition) is 0. The molecule has 0 radical (unpaired) electrons. The molecule has 5 heteroatoms. The van der Waals surface area contributed by atoms with Gasteiger partial charge in [-0.1, -0.05) is 0 Å². The summed E-state index contributed by atoms with van der Waals surface area (Å²) < 4.78 is 1.20. The van der Waals surface area contributed by atoms with E-state index in [0.717, 1.165) is 0 Å². The van der Waals surface area contributed by atoms with Crippen molar-refractivity contribution in [2.24, 2.45) is 0 Å². The molecule has 0 spiro atoms. The zero-order valence-electron chi connectivity index (χ0n) is 25.9. The number of rotatable bonds is 6. The van der Waals surface area contributed by atoms with Gasteiger partial charge in [0.2, 0.25) is 0 Å². The molecule has 4 aromatic rings. The minimum Gasteiger partial charge on any atom is -1.00 e. The van der Waals surface area contributed by atoms with E-state index in [4.69, 9.17) is 0 Å². The Morgan fingerprint density at radius 2 is 0.860 bits per heavy atom. The third-order valence-electron chi connectivity index (χ3n) is 8.03. The van der Waals surface area contributed by atoms with Gasteiger partial charge in [-0.2, -0.15) is 0 Å². The van der Waals surface area contributed by atoms with Crippen molar-refractivity contribution in [2.45, 2.75) is 59.2 Å². The van der Waals surface area contributed by atoms with Gasteiger partial charge in [-0.05, 0) is 0 Å². The first-order valence-corrected chi connectivity index (χ1v) is 21.5. The molecule has 0 saturated heterocycles. The second-order valence-electron chi connectivity index (χ2n) is 13.1. The van der Waals surface area contributed by atoms with Gasteiger partial charge < -0.3 is 24.8 Å². The zero-order chi connectivity index (χ0) is 28.8. The van der Waals surface area contributed by atoms with Crippen molar-refractivity contribution >= 4 is 38.6 Å². The topological polar surface area (TPSA) is 0 Å². The van der Waals surface area contributed by atoms with Crippen LogP contribution < -0.4 is 35.4 Å². The quantitative estimate of drug-likeness (QED) is 0.200. The van der Waals surface area contributed by atoms with Gasteiger partial charge in [-0.3, -0.25) is 0 Å². The molecule has 220 valence electrons. The molecule has 2 atom stereocenters. The Hall–Kier alpha value is -1.33. The Morgan fingerprint density at radius 3 is 1.30 bits per heavy atom. The third-order valence-corrected chi connectivity index (χ3v) is 22.8. The minimum absolute atomic E-state index is 0. The maximum Gasteiger partial charge on any atom is -1.00 e. The Morgan fingerprint density at radius 1 is 0.488 bits per heavy atom. The fourth-order valence-electron chi connectivity index (χ4n) is 6.90. The fraction of sp³-hybridized carbons (Fsp3) is 0.263. The molecule has 2 aliphatic rings. The van der Waals surface area contributed by atoms with Crippen LogP contribution in [-0.4, -0.2) is 10.3 Å². The summed E-state index contributed by atoms with van der Waals surface area (Å²) >= 11 is -1.38. The van der Waals surface area contributed by atoms with Crippen LogP contribution in [0.1, 0.15) is 71.1 Å². The predicted molar refractivity (Wildman–Crippen MR) is 180 cm³/mol. The van der Waals surface area contributed by atoms with E-state index in [0.29, 0.717) is 7.35 Å². The number of benzene rings is 4. The van der Waals surface area contributed by atoms with E-state index in [9.17, 15) is 0 Å². The summed E-state index contributed by atoms with van der Waals surface area (Å²) in [5.74, 6) is 0. The van der Waals surface area contributed by atoms with Gasteiger partial charge in [0.05, 0.1) is 0 Å². The van der Waals surface area contributed by atoms with Crippen LogP contribution in [0.2, 0.25) is 0 Å². The molecule has 2 unspecified atom stereocenters. The van der Waals surface area contributed by atoms with Crippen molar-refractivity contribution in [1.82, 2.24) is 0 Å². The average molecular weight is 808 g/mol. The van der Waals surface area contributed by atoms with Crippen molar-refractivity contribution in [3.05, 3.63) is 142 Å². The smallest absolute Gasteiger partial charge is 1.00 e. The summed E-state index contributed by atoms with van der Waals surface area (Å²) in [6.45, 7) is 14.9. The maximum atomic E-state index is 2.64. The maximum absolute atomic E-state index is 2.64. The van der Waals surface area contributed by atoms with Gasteiger partial charge in [-0.15, -0.1) is 0 Å². The summed E-state index contributed by atoms with van der Waals surface area (Å²) in [4.78, 5) is 0. The SMILES string of the molecule is CC(C)(C)P(C1=Cc2ccccc2[CH]1[Hf+2][CH]1C(P(c2ccccc2)c2ccccc2)=Cc2ccccc21)C(C)(C)C.[Cl-].[Cl-]. The molecule has 0 saturated carbocycles. The van der Waals surface area contributed by atoms with Crippen molar-refractivity contribution in [3.8, 4) is 0 Å². The van der Waals surface area contributed by atoms with Gasteiger partial charge in [0.1, 0.15) is 0 Å². The first-order valence-electron chi connectivity index (χ1n) is 14.7. The zero-order valence-corrected chi connectivity index (χ0v) is 32.7. The summed E-state index contributed by atoms with van der Waals surface area (Å²) in [6.07, 6.45) is 5.23. The molecule has 0 fully saturated rings. The summed E-state index contributed by atoms with van der Waals surface area (Å²) in [6, 6.07) is 41.3. The minimum atomic E-state index is -1.38. The van der Waals surface area contributed by atoms with E-state index in [2.05, 4.69) is 163 Å². The molecule has 0 bridgehead atoms. The normalized spacial score (nSPS) is 17.3. The van der Waals surface area contributed by atoms with E-state index in [-0.39, 0.29) is 43.0 Å². The van der Waals surface area contributed by atoms with Gasteiger partial charge in [0, 0.05) is 0 Å². The summed E-state index contributed by atoms with van der Waals surface area (Å²) in [5, 5.41) is 6.91. The predicted octanol–water partition coefficient (Wildman–Crippen LogP) is 4.48. The van der Waals surface area contributed by atoms with Crippen LogP contribution in [0.5, 0.6) is 0 Å². The van der Waals surface area contributed by atoms with Crippen LogP contribution >= 0.6 is 15.8 Å². The number of halogens is 2. The summed E-state index contributed by atoms with van der Waals surface area (Å²) in [5.41, 5.74) is 6.13. The molecule has 0 nitrogen and oxygen atoms in total. The van der Waals surface area contributed by atoms with Crippen molar-refractivity contribution in [2.75, 3.05) is 0 Å². The van der Waals surface area contributed by atoms with E-state index in [1.165, 1.54) is 21.7 Å². The van der Waals surface area contributed by atoms with Crippen molar-refractivity contribution in [1.29, 1.82) is 0 Å². The molecule has 0 amide bonds. The van der Waals surface area contributed by atoms with Crippen LogP contribution in [0.4, 0.5) is 0 Å². The van der Waals surface area contributed by atoms with Crippen molar-refractivity contribution < 1.29 is 47.7 Å². The molecule has 0 aromatic heterocycles. The number of allylic oxidation sites excluding steroid dienone is 2. The molecule has 0 aliphatic heterocycles. The summed E-state index contributed by atoms with van der Waals surface area (Å²) in [7, 11) is -0.943. The fourth-order valence-corrected chi connectivity index (χ4v) is 23.8. The molecule has 0 heterocycles.